The number of aryl methyl sites for hydroxylation is 2. The quantitative estimate of drug-likeness (QED) is 0.0436. The largest absolute Gasteiger partial charge is 0.441 e. The number of hydrogen-bond acceptors (Lipinski definition) is 12. The molecule has 4 aromatic rings. The molecule has 364 valence electrons. The van der Waals surface area contributed by atoms with Crippen molar-refractivity contribution in [3.05, 3.63) is 108 Å². The van der Waals surface area contributed by atoms with E-state index >= 15 is 9.59 Å². The number of hydrogen-bond donors (Lipinski definition) is 1. The lowest BCUT2D eigenvalue weighted by Gasteiger charge is -2.35. The highest BCUT2D eigenvalue weighted by Crippen LogP contribution is 2.31. The molecule has 6 rings (SSSR count). The molecule has 3 aromatic carbocycles. The third-order valence-electron chi connectivity index (χ3n) is 12.6. The van der Waals surface area contributed by atoms with Crippen LogP contribution in [0.5, 0.6) is 0 Å². The van der Waals surface area contributed by atoms with Gasteiger partial charge in [-0.2, -0.15) is 0 Å². The normalized spacial score (nSPS) is 17.8. The van der Waals surface area contributed by atoms with Crippen LogP contribution in [-0.2, 0) is 58.1 Å². The number of carbonyl (C=O) groups excluding carboxylic acids is 6. The molecule has 1 N–H and O–H groups in total. The number of nitrogens with one attached hydrogen (secondary N) is 1. The molecule has 68 heavy (non-hydrogen) atoms. The molecule has 0 aliphatic carbocycles. The number of morpholine rings is 1. The summed E-state index contributed by atoms with van der Waals surface area (Å²) >= 11 is 0. The molecule has 0 spiro atoms. The number of epoxide rings is 1. The van der Waals surface area contributed by atoms with Crippen molar-refractivity contribution < 1.29 is 43.0 Å². The molecule has 15 heteroatoms. The number of nitrogens with zero attached hydrogens (tertiary/aromatic N) is 5. The van der Waals surface area contributed by atoms with E-state index in [1.165, 1.54) is 4.90 Å². The summed E-state index contributed by atoms with van der Waals surface area (Å²) in [6.45, 7) is 11.6. The molecule has 2 amide bonds. The Hall–Kier alpha value is -5.90. The van der Waals surface area contributed by atoms with Gasteiger partial charge >= 0.3 is 5.97 Å². The summed E-state index contributed by atoms with van der Waals surface area (Å²) in [5.41, 5.74) is 2.20. The molecule has 1 aromatic heterocycles. The summed E-state index contributed by atoms with van der Waals surface area (Å²) in [6.07, 6.45) is 2.87. The van der Waals surface area contributed by atoms with Crippen molar-refractivity contribution >= 4 is 35.1 Å². The second-order valence-corrected chi connectivity index (χ2v) is 19.4. The zero-order valence-corrected chi connectivity index (χ0v) is 40.4. The fraction of sp³-hybridized carbons (Fsp3) is 0.509. The van der Waals surface area contributed by atoms with Crippen LogP contribution in [0.3, 0.4) is 0 Å². The number of rotatable bonds is 26. The zero-order valence-electron chi connectivity index (χ0n) is 40.4. The first-order valence-corrected chi connectivity index (χ1v) is 23.9. The molecular formula is C53H68N6O9. The Bertz CT molecular complexity index is 2320. The van der Waals surface area contributed by atoms with Gasteiger partial charge in [0.25, 0.3) is 0 Å². The molecule has 0 radical (unpaired) electrons. The highest BCUT2D eigenvalue weighted by molar-refractivity contribution is 5.98. The van der Waals surface area contributed by atoms with Crippen molar-refractivity contribution in [2.75, 3.05) is 46.2 Å². The number of carbonyl (C=O) groups is 6. The van der Waals surface area contributed by atoms with Gasteiger partial charge in [0.1, 0.15) is 17.1 Å². The van der Waals surface area contributed by atoms with Crippen molar-refractivity contribution in [3.8, 4) is 11.3 Å². The molecule has 0 saturated carbocycles. The second kappa shape index (κ2) is 24.4. The average molecular weight is 933 g/mol. The number of ketones is 3. The summed E-state index contributed by atoms with van der Waals surface area (Å²) in [4.78, 5) is 90.0. The van der Waals surface area contributed by atoms with Gasteiger partial charge in [0.2, 0.25) is 11.8 Å². The highest BCUT2D eigenvalue weighted by Gasteiger charge is 2.50. The van der Waals surface area contributed by atoms with Crippen LogP contribution >= 0.6 is 0 Å². The molecule has 0 bridgehead atoms. The first-order chi connectivity index (χ1) is 32.6. The number of aromatic nitrogens is 3. The molecule has 3 heterocycles. The van der Waals surface area contributed by atoms with E-state index in [9.17, 15) is 19.2 Å². The second-order valence-electron chi connectivity index (χ2n) is 19.4. The highest BCUT2D eigenvalue weighted by atomic mass is 16.6. The van der Waals surface area contributed by atoms with Crippen molar-refractivity contribution in [2.45, 2.75) is 97.2 Å². The monoisotopic (exact) mass is 933 g/mol. The Balaban J connectivity index is 1.34. The lowest BCUT2D eigenvalue weighted by atomic mass is 9.86. The van der Waals surface area contributed by atoms with Gasteiger partial charge in [-0.25, -0.2) is 4.79 Å². The van der Waals surface area contributed by atoms with E-state index in [4.69, 9.17) is 14.2 Å². The maximum atomic E-state index is 15.4. The Morgan fingerprint density at radius 2 is 1.50 bits per heavy atom. The summed E-state index contributed by atoms with van der Waals surface area (Å²) in [5, 5.41) is 11.2. The summed E-state index contributed by atoms with van der Waals surface area (Å²) < 4.78 is 18.6. The molecule has 2 aliphatic heterocycles. The summed E-state index contributed by atoms with van der Waals surface area (Å²) in [6, 6.07) is 23.8. The maximum Gasteiger partial charge on any atom is 0.339 e. The number of ether oxygens (including phenoxy) is 3. The minimum Gasteiger partial charge on any atom is -0.441 e. The molecule has 2 saturated heterocycles. The predicted molar refractivity (Wildman–Crippen MR) is 256 cm³/mol. The van der Waals surface area contributed by atoms with Crippen LogP contribution in [0.1, 0.15) is 88.2 Å². The van der Waals surface area contributed by atoms with E-state index in [1.54, 1.807) is 49.1 Å². The minimum absolute atomic E-state index is 0.0728. The van der Waals surface area contributed by atoms with Gasteiger partial charge in [0.05, 0.1) is 50.2 Å². The molecule has 15 nitrogen and oxygen atoms in total. The van der Waals surface area contributed by atoms with Crippen molar-refractivity contribution in [1.29, 1.82) is 0 Å². The van der Waals surface area contributed by atoms with Crippen LogP contribution in [-0.4, -0.2) is 124 Å². The number of Topliss-reactive ketones (excluding diaryl/α,β-unsaturated/α-hetero) is 3. The summed E-state index contributed by atoms with van der Waals surface area (Å²) in [5.74, 6) is -4.30. The Morgan fingerprint density at radius 3 is 2.12 bits per heavy atom. The van der Waals surface area contributed by atoms with E-state index in [-0.39, 0.29) is 74.2 Å². The number of benzene rings is 3. The molecule has 0 unspecified atom stereocenters. The van der Waals surface area contributed by atoms with Crippen molar-refractivity contribution in [1.82, 2.24) is 30.1 Å². The maximum absolute atomic E-state index is 15.4. The summed E-state index contributed by atoms with van der Waals surface area (Å²) in [7, 11) is 1.74. The Morgan fingerprint density at radius 1 is 0.838 bits per heavy atom. The first kappa shape index (κ1) is 51.5. The Labute approximate surface area is 400 Å². The van der Waals surface area contributed by atoms with Gasteiger partial charge in [-0.15, -0.1) is 5.10 Å². The Kier molecular flexibility index (Phi) is 18.5. The first-order valence-electron chi connectivity index (χ1n) is 23.9. The number of esters is 1. The zero-order chi connectivity index (χ0) is 48.8. The van der Waals surface area contributed by atoms with E-state index in [0.717, 1.165) is 11.1 Å². The van der Waals surface area contributed by atoms with Crippen LogP contribution in [0.2, 0.25) is 0 Å². The van der Waals surface area contributed by atoms with Gasteiger partial charge in [0, 0.05) is 50.4 Å². The third-order valence-corrected chi connectivity index (χ3v) is 12.6. The standard InChI is InChI=1S/C53H68N6O9/c1-36(2)26-45(49(62)53(5)34-68-53)54-50(63)43(28-39-16-11-8-12-17-39)31-48(61)47(27-37(3)4)59(35-67-52(65)42-19-13-18-40(29-42)46-33-57(6)56-55-46)51(64)41(21-20-38-14-9-7-10-15-38)30-44(60)32-58-22-24-66-25-23-58/h7-19,29,33,36-37,41,43,45,47H,20-28,30-32,34-35H2,1-6H3,(H,54,63)/t41-,43-,45+,47+,53-/m1/s1. The molecular weight excluding hydrogens is 865 g/mol. The number of amides is 2. The molecule has 2 aliphatic rings. The minimum atomic E-state index is -1.15. The molecule has 2 fully saturated rings. The van der Waals surface area contributed by atoms with Gasteiger partial charge < -0.3 is 19.5 Å². The van der Waals surface area contributed by atoms with E-state index in [2.05, 4.69) is 15.6 Å². The van der Waals surface area contributed by atoms with Crippen LogP contribution < -0.4 is 5.32 Å². The van der Waals surface area contributed by atoms with Crippen LogP contribution in [0, 0.1) is 23.7 Å². The van der Waals surface area contributed by atoms with Gasteiger partial charge in [-0.05, 0) is 74.1 Å². The van der Waals surface area contributed by atoms with Gasteiger partial charge in [-0.1, -0.05) is 106 Å². The fourth-order valence-electron chi connectivity index (χ4n) is 8.71. The lowest BCUT2D eigenvalue weighted by molar-refractivity contribution is -0.150. The van der Waals surface area contributed by atoms with E-state index < -0.39 is 59.8 Å². The predicted octanol–water partition coefficient (Wildman–Crippen LogP) is 6.09. The lowest BCUT2D eigenvalue weighted by Crippen LogP contribution is -2.52. The topological polar surface area (TPSA) is 183 Å². The van der Waals surface area contributed by atoms with Gasteiger partial charge in [-0.3, -0.25) is 38.5 Å². The van der Waals surface area contributed by atoms with E-state index in [0.29, 0.717) is 50.4 Å². The van der Waals surface area contributed by atoms with E-state index in [1.807, 2.05) is 93.3 Å². The van der Waals surface area contributed by atoms with Crippen molar-refractivity contribution in [2.24, 2.45) is 30.7 Å². The van der Waals surface area contributed by atoms with Crippen LogP contribution in [0.4, 0.5) is 0 Å². The van der Waals surface area contributed by atoms with Crippen molar-refractivity contribution in [3.63, 3.8) is 0 Å². The molecule has 5 atom stereocenters. The fourth-order valence-corrected chi connectivity index (χ4v) is 8.71. The smallest absolute Gasteiger partial charge is 0.339 e. The van der Waals surface area contributed by atoms with Crippen LogP contribution in [0.15, 0.2) is 91.1 Å². The SMILES string of the molecule is CC(C)C[C@H](NC(=O)[C@@H](CC(=O)[C@H](CC(C)C)N(COC(=O)c1cccc(-c2cn(C)nn2)c1)C(=O)[C@H](CCc1ccccc1)CC(=O)CN1CCOCC1)Cc1ccccc1)C(=O)[C@@]1(C)CO1. The van der Waals surface area contributed by atoms with Gasteiger partial charge in [0.15, 0.2) is 18.3 Å². The average Bonchev–Trinajstić information content (AvgIpc) is 3.93. The third kappa shape index (κ3) is 15.1. The van der Waals surface area contributed by atoms with Crippen LogP contribution in [0.25, 0.3) is 11.3 Å².